The summed E-state index contributed by atoms with van der Waals surface area (Å²) in [5.74, 6) is 1.31. The smallest absolute Gasteiger partial charge is 0.235 e. The molecule has 4 rings (SSSR count). The molecule has 0 radical (unpaired) electrons. The van der Waals surface area contributed by atoms with Gasteiger partial charge in [0.05, 0.1) is 11.8 Å². The first-order valence-electron chi connectivity index (χ1n) is 15.5. The largest absolute Gasteiger partial charge is 0.390 e. The number of β-amino-alcohol motifs (C(OH)–C–C–N with tert-alkyl or cyclic N) is 1. The van der Waals surface area contributed by atoms with Crippen LogP contribution in [-0.2, 0) is 6.54 Å². The number of hydrogen-bond acceptors (Lipinski definition) is 7. The number of aryl methyl sites for hydroxylation is 2. The molecule has 238 valence electrons. The number of rotatable bonds is 7. The highest BCUT2D eigenvalue weighted by molar-refractivity contribution is 8.00. The Hall–Kier alpha value is -2.58. The van der Waals surface area contributed by atoms with Gasteiger partial charge in [-0.15, -0.1) is 0 Å². The minimum absolute atomic E-state index is 0.389. The Morgan fingerprint density at radius 1 is 1.00 bits per heavy atom. The Morgan fingerprint density at radius 3 is 2.21 bits per heavy atom. The van der Waals surface area contributed by atoms with Gasteiger partial charge in [0.2, 0.25) is 5.95 Å². The van der Waals surface area contributed by atoms with E-state index in [-0.39, 0.29) is 6.10 Å². The van der Waals surface area contributed by atoms with E-state index < -0.39 is 0 Å². The number of allylic oxidation sites excluding steroid dienone is 1. The molecule has 0 amide bonds. The van der Waals surface area contributed by atoms with Crippen molar-refractivity contribution >= 4 is 29.5 Å². The van der Waals surface area contributed by atoms with Crippen molar-refractivity contribution in [3.8, 4) is 11.3 Å². The molecule has 1 saturated heterocycles. The topological polar surface area (TPSA) is 64.5 Å². The third-order valence-electron chi connectivity index (χ3n) is 6.12. The summed E-state index contributed by atoms with van der Waals surface area (Å²) in [5.41, 5.74) is 6.38. The molecule has 1 fully saturated rings. The Kier molecular flexibility index (Phi) is 18.2. The van der Waals surface area contributed by atoms with Crippen molar-refractivity contribution in [2.45, 2.75) is 86.8 Å². The van der Waals surface area contributed by atoms with E-state index in [0.717, 1.165) is 58.5 Å². The number of aliphatic hydroxyl groups excluding tert-OH is 1. The minimum Gasteiger partial charge on any atom is -0.390 e. The van der Waals surface area contributed by atoms with Gasteiger partial charge in [0.15, 0.2) is 0 Å². The summed E-state index contributed by atoms with van der Waals surface area (Å²) in [6.45, 7) is 28.5. The van der Waals surface area contributed by atoms with Crippen molar-refractivity contribution < 1.29 is 5.11 Å². The van der Waals surface area contributed by atoms with E-state index in [1.165, 1.54) is 17.5 Å². The zero-order valence-corrected chi connectivity index (χ0v) is 29.6. The van der Waals surface area contributed by atoms with Gasteiger partial charge < -0.3 is 10.0 Å². The predicted molar refractivity (Wildman–Crippen MR) is 189 cm³/mol. The van der Waals surface area contributed by atoms with Gasteiger partial charge in [-0.2, -0.15) is 0 Å². The SMILES string of the molecule is C=C(C)N1CCN(Cc2cccc(SNc3nc(Cl)cc(-c4c(C)cccc4C)n3)c2)CC(O)C1.CC.CC.CC(C)C. The van der Waals surface area contributed by atoms with Gasteiger partial charge in [0.1, 0.15) is 5.15 Å². The zero-order valence-electron chi connectivity index (χ0n) is 28.0. The van der Waals surface area contributed by atoms with Gasteiger partial charge in [-0.05, 0) is 67.5 Å². The van der Waals surface area contributed by atoms with Crippen molar-refractivity contribution in [1.29, 1.82) is 0 Å². The second-order valence-electron chi connectivity index (χ2n) is 10.8. The lowest BCUT2D eigenvalue weighted by Crippen LogP contribution is -2.32. The zero-order chi connectivity index (χ0) is 32.5. The van der Waals surface area contributed by atoms with Gasteiger partial charge in [0, 0.05) is 54.9 Å². The number of anilines is 1. The Labute approximate surface area is 271 Å². The molecule has 2 aromatic carbocycles. The van der Waals surface area contributed by atoms with Crippen molar-refractivity contribution in [3.63, 3.8) is 0 Å². The van der Waals surface area contributed by atoms with Crippen molar-refractivity contribution in [1.82, 2.24) is 19.8 Å². The Morgan fingerprint density at radius 2 is 1.60 bits per heavy atom. The second kappa shape index (κ2) is 20.4. The molecule has 1 aliphatic rings. The second-order valence-corrected chi connectivity index (χ2v) is 12.1. The number of hydrogen-bond donors (Lipinski definition) is 2. The third kappa shape index (κ3) is 13.7. The van der Waals surface area contributed by atoms with E-state index in [1.54, 1.807) is 6.07 Å². The molecule has 0 bridgehead atoms. The van der Waals surface area contributed by atoms with Gasteiger partial charge in [-0.1, -0.05) is 97.0 Å². The summed E-state index contributed by atoms with van der Waals surface area (Å²) >= 11 is 7.80. The van der Waals surface area contributed by atoms with Crippen LogP contribution in [0.15, 0.2) is 65.7 Å². The summed E-state index contributed by atoms with van der Waals surface area (Å²) in [6.07, 6.45) is -0.389. The fraction of sp³-hybridized carbons (Fsp3) is 0.486. The fourth-order valence-electron chi connectivity index (χ4n) is 4.43. The summed E-state index contributed by atoms with van der Waals surface area (Å²) in [7, 11) is 0. The Balaban J connectivity index is 0.00000105. The molecule has 2 heterocycles. The van der Waals surface area contributed by atoms with Crippen LogP contribution in [0.1, 0.15) is 72.1 Å². The van der Waals surface area contributed by atoms with Crippen LogP contribution in [0.5, 0.6) is 0 Å². The maximum atomic E-state index is 10.4. The lowest BCUT2D eigenvalue weighted by atomic mass is 10.00. The molecule has 1 unspecified atom stereocenters. The molecule has 2 N–H and O–H groups in total. The maximum Gasteiger partial charge on any atom is 0.235 e. The molecule has 3 aromatic rings. The predicted octanol–water partition coefficient (Wildman–Crippen LogP) is 9.26. The molecule has 0 saturated carbocycles. The van der Waals surface area contributed by atoms with Crippen LogP contribution < -0.4 is 4.72 Å². The van der Waals surface area contributed by atoms with Gasteiger partial charge in [-0.25, -0.2) is 9.97 Å². The average molecular weight is 628 g/mol. The van der Waals surface area contributed by atoms with Crippen molar-refractivity contribution in [2.75, 3.05) is 30.9 Å². The molecular formula is C35H54ClN5OS. The van der Waals surface area contributed by atoms with Crippen LogP contribution >= 0.6 is 23.5 Å². The first-order valence-corrected chi connectivity index (χ1v) is 16.6. The van der Waals surface area contributed by atoms with Crippen LogP contribution in [-0.4, -0.2) is 57.2 Å². The van der Waals surface area contributed by atoms with E-state index in [0.29, 0.717) is 24.2 Å². The van der Waals surface area contributed by atoms with Gasteiger partial charge in [0.25, 0.3) is 0 Å². The van der Waals surface area contributed by atoms with E-state index in [2.05, 4.69) is 97.1 Å². The fourth-order valence-corrected chi connectivity index (χ4v) is 5.27. The van der Waals surface area contributed by atoms with Gasteiger partial charge in [-0.3, -0.25) is 9.62 Å². The van der Waals surface area contributed by atoms with E-state index >= 15 is 0 Å². The number of aromatic nitrogens is 2. The highest BCUT2D eigenvalue weighted by Gasteiger charge is 2.21. The average Bonchev–Trinajstić information content (AvgIpc) is 3.14. The quantitative estimate of drug-likeness (QED) is 0.200. The van der Waals surface area contributed by atoms with E-state index in [4.69, 9.17) is 16.6 Å². The molecule has 0 spiro atoms. The normalized spacial score (nSPS) is 14.7. The molecule has 1 aromatic heterocycles. The van der Waals surface area contributed by atoms with Crippen LogP contribution in [0.25, 0.3) is 11.3 Å². The van der Waals surface area contributed by atoms with Crippen LogP contribution in [0.4, 0.5) is 5.95 Å². The highest BCUT2D eigenvalue weighted by atomic mass is 35.5. The lowest BCUT2D eigenvalue weighted by Gasteiger charge is -2.23. The molecule has 0 aliphatic carbocycles. The number of benzene rings is 2. The van der Waals surface area contributed by atoms with Crippen molar-refractivity contribution in [2.24, 2.45) is 5.92 Å². The standard InChI is InChI=1S/C27H32ClN5OS.C4H10.2C2H6/c1-18(2)33-12-11-32(16-22(34)17-33)15-21-9-6-10-23(13-21)35-31-27-29-24(14-25(28)30-27)26-19(3)7-5-8-20(26)4;1-4(2)3;2*1-2/h5-10,13-14,22,34H,1,11-12,15-17H2,2-4H3,(H,29,30,31);4H,1-3H3;2*1-2H3. The van der Waals surface area contributed by atoms with Crippen LogP contribution in [0.2, 0.25) is 5.15 Å². The molecular weight excluding hydrogens is 574 g/mol. The Bertz CT molecular complexity index is 1230. The number of nitrogens with one attached hydrogen (secondary N) is 1. The number of aliphatic hydroxyl groups is 1. The molecule has 43 heavy (non-hydrogen) atoms. The van der Waals surface area contributed by atoms with Gasteiger partial charge >= 0.3 is 0 Å². The first kappa shape index (κ1) is 38.4. The highest BCUT2D eigenvalue weighted by Crippen LogP contribution is 2.29. The summed E-state index contributed by atoms with van der Waals surface area (Å²) in [4.78, 5) is 14.6. The monoisotopic (exact) mass is 627 g/mol. The van der Waals surface area contributed by atoms with Crippen LogP contribution in [0.3, 0.4) is 0 Å². The molecule has 1 atom stereocenters. The third-order valence-corrected chi connectivity index (χ3v) is 7.09. The number of nitrogens with zero attached hydrogens (tertiary/aromatic N) is 4. The van der Waals surface area contributed by atoms with Crippen LogP contribution in [0, 0.1) is 19.8 Å². The lowest BCUT2D eigenvalue weighted by molar-refractivity contribution is 0.114. The molecule has 8 heteroatoms. The van der Waals surface area contributed by atoms with E-state index in [1.807, 2.05) is 40.7 Å². The minimum atomic E-state index is -0.389. The molecule has 6 nitrogen and oxygen atoms in total. The summed E-state index contributed by atoms with van der Waals surface area (Å²) in [6, 6.07) is 16.4. The van der Waals surface area contributed by atoms with Crippen molar-refractivity contribution in [3.05, 3.63) is 82.7 Å². The summed E-state index contributed by atoms with van der Waals surface area (Å²) < 4.78 is 3.26. The van der Waals surface area contributed by atoms with E-state index in [9.17, 15) is 5.11 Å². The summed E-state index contributed by atoms with van der Waals surface area (Å²) in [5, 5.41) is 10.8. The number of halogens is 1. The maximum absolute atomic E-state index is 10.4. The molecule has 1 aliphatic heterocycles. The first-order chi connectivity index (χ1) is 20.5.